The molecule has 0 unspecified atom stereocenters. The van der Waals surface area contributed by atoms with Gasteiger partial charge < -0.3 is 16.0 Å². The number of hydrogen-bond acceptors (Lipinski definition) is 1. The fraction of sp³-hybridized carbons (Fsp3) is 0. The molecule has 5 heteroatoms. The summed E-state index contributed by atoms with van der Waals surface area (Å²) in [6.45, 7) is 0. The Balaban J connectivity index is -0.00000000167. The molecule has 0 fully saturated rings. The smallest absolute Gasteiger partial charge is 0.693 e. The van der Waals surface area contributed by atoms with Crippen LogP contribution in [0.2, 0.25) is 0 Å². The topological polar surface area (TPSA) is 74.5 Å². The molecule has 0 aliphatic carbocycles. The van der Waals surface area contributed by atoms with Crippen molar-refractivity contribution in [1.29, 1.82) is 0 Å². The van der Waals surface area contributed by atoms with Gasteiger partial charge in [-0.15, -0.1) is 0 Å². The van der Waals surface area contributed by atoms with Gasteiger partial charge in [0.1, 0.15) is 0 Å². The number of hydrogen-bond donors (Lipinski definition) is 0. The maximum Gasteiger partial charge on any atom is 1.00 e. The van der Waals surface area contributed by atoms with E-state index in [0.717, 1.165) is 0 Å². The normalized spacial score (nSPS) is 1.20. The SMILES string of the molecule is O.[In+].[In].[O][O-]. The Morgan fingerprint density at radius 3 is 1.20 bits per heavy atom. The summed E-state index contributed by atoms with van der Waals surface area (Å²) in [5.74, 6) is 0. The Bertz CT molecular complexity index is 4.85. The minimum atomic E-state index is 0. The molecule has 0 rings (SSSR count). The molecule has 0 saturated carbocycles. The van der Waals surface area contributed by atoms with Gasteiger partial charge in [-0.3, -0.25) is 0 Å². The van der Waals surface area contributed by atoms with Crippen LogP contribution in [0.5, 0.6) is 0 Å². The summed E-state index contributed by atoms with van der Waals surface area (Å²) < 4.78 is 0. The standard InChI is InChI=1S/2In.O2.H2O/c;;1-2;/h;;;1H2/q;+1;-1;. The Hall–Kier alpha value is 1.62. The van der Waals surface area contributed by atoms with Gasteiger partial charge in [0.15, 0.2) is 0 Å². The third kappa shape index (κ3) is 28.1. The van der Waals surface area contributed by atoms with Gasteiger partial charge in [-0.1, -0.05) is 0 Å². The summed E-state index contributed by atoms with van der Waals surface area (Å²) in [5.41, 5.74) is 0. The zero-order valence-electron chi connectivity index (χ0n) is 2.47. The Kier molecular flexibility index (Phi) is 278. The van der Waals surface area contributed by atoms with Gasteiger partial charge in [0, 0.05) is 25.8 Å². The molecule has 3 nitrogen and oxygen atoms in total. The van der Waals surface area contributed by atoms with E-state index < -0.39 is 0 Å². The van der Waals surface area contributed by atoms with Crippen molar-refractivity contribution in [3.05, 3.63) is 0 Å². The van der Waals surface area contributed by atoms with Crippen molar-refractivity contribution in [1.82, 2.24) is 0 Å². The molecular weight excluding hydrogens is 278 g/mol. The van der Waals surface area contributed by atoms with Crippen LogP contribution in [-0.2, 0) is 5.26 Å². The second-order valence-corrected chi connectivity index (χ2v) is 0. The van der Waals surface area contributed by atoms with Crippen LogP contribution in [0.25, 0.3) is 0 Å². The monoisotopic (exact) mass is 280 g/mol. The second kappa shape index (κ2) is 45.7. The van der Waals surface area contributed by atoms with Crippen molar-refractivity contribution in [2.24, 2.45) is 0 Å². The molecule has 0 aliphatic heterocycles. The largest absolute Gasteiger partial charge is 1.00 e. The summed E-state index contributed by atoms with van der Waals surface area (Å²) in [6.07, 6.45) is 0. The summed E-state index contributed by atoms with van der Waals surface area (Å²) in [4.78, 5) is 0. The van der Waals surface area contributed by atoms with Crippen molar-refractivity contribution in [2.75, 3.05) is 0 Å². The third-order valence-corrected chi connectivity index (χ3v) is 0. The van der Waals surface area contributed by atoms with E-state index in [0.29, 0.717) is 0 Å². The first-order chi connectivity index (χ1) is 1.00. The first-order valence-electron chi connectivity index (χ1n) is 0.167. The zero-order chi connectivity index (χ0) is 2.00. The molecule has 0 amide bonds. The second-order valence-electron chi connectivity index (χ2n) is 0. The molecule has 0 heterocycles. The van der Waals surface area contributed by atoms with Gasteiger partial charge in [0.2, 0.25) is 0 Å². The summed E-state index contributed by atoms with van der Waals surface area (Å²) in [5, 5.41) is 14.0. The van der Waals surface area contributed by atoms with E-state index in [2.05, 4.69) is 0 Å². The minimum absolute atomic E-state index is 0. The molecule has 0 aromatic carbocycles. The van der Waals surface area contributed by atoms with E-state index in [1.54, 1.807) is 0 Å². The maximum absolute atomic E-state index is 7.00. The Morgan fingerprint density at radius 1 is 1.20 bits per heavy atom. The summed E-state index contributed by atoms with van der Waals surface area (Å²) >= 11 is 0. The van der Waals surface area contributed by atoms with Crippen LogP contribution in [-0.4, -0.2) is 57.2 Å². The van der Waals surface area contributed by atoms with Crippen molar-refractivity contribution in [3.63, 3.8) is 0 Å². The van der Waals surface area contributed by atoms with E-state index in [4.69, 9.17) is 10.5 Å². The predicted octanol–water partition coefficient (Wildman–Crippen LogP) is -2.89. The van der Waals surface area contributed by atoms with Crippen molar-refractivity contribution >= 4 is 51.7 Å². The molecule has 5 heavy (non-hydrogen) atoms. The van der Waals surface area contributed by atoms with Gasteiger partial charge >= 0.3 is 25.8 Å². The first-order valence-corrected chi connectivity index (χ1v) is 0.167. The van der Waals surface area contributed by atoms with E-state index in [1.165, 1.54) is 0 Å². The van der Waals surface area contributed by atoms with Crippen LogP contribution in [0, 0.1) is 0 Å². The number of rotatable bonds is 0. The third-order valence-electron chi connectivity index (χ3n) is 0. The van der Waals surface area contributed by atoms with Crippen molar-refractivity contribution < 1.29 is 16.0 Å². The first kappa shape index (κ1) is 30.5. The molecule has 2 N–H and O–H groups in total. The van der Waals surface area contributed by atoms with Crippen LogP contribution in [0.1, 0.15) is 0 Å². The van der Waals surface area contributed by atoms with E-state index in [-0.39, 0.29) is 57.2 Å². The molecule has 0 aliphatic rings. The molecule has 0 spiro atoms. The fourth-order valence-corrected chi connectivity index (χ4v) is 0. The molecule has 0 atom stereocenters. The molecule has 0 saturated heterocycles. The molecular formula is H2In2O3. The van der Waals surface area contributed by atoms with E-state index >= 15 is 0 Å². The quantitative estimate of drug-likeness (QED) is 0.346. The average molecular weight is 280 g/mol. The summed E-state index contributed by atoms with van der Waals surface area (Å²) in [7, 11) is 0. The maximum atomic E-state index is 7.00. The van der Waals surface area contributed by atoms with Crippen LogP contribution >= 0.6 is 0 Å². The molecule has 0 bridgehead atoms. The van der Waals surface area contributed by atoms with Crippen LogP contribution in [0.4, 0.5) is 0 Å². The van der Waals surface area contributed by atoms with Gasteiger partial charge in [-0.05, 0) is 0 Å². The van der Waals surface area contributed by atoms with Gasteiger partial charge in [0.25, 0.3) is 0 Å². The van der Waals surface area contributed by atoms with E-state index in [1.807, 2.05) is 0 Å². The average Bonchev–Trinajstić information content (AvgIpc) is 1.00. The summed E-state index contributed by atoms with van der Waals surface area (Å²) in [6, 6.07) is 0. The minimum Gasteiger partial charge on any atom is -0.693 e. The van der Waals surface area contributed by atoms with E-state index in [9.17, 15) is 0 Å². The van der Waals surface area contributed by atoms with Crippen LogP contribution in [0.3, 0.4) is 0 Å². The fourth-order valence-electron chi connectivity index (χ4n) is 0. The van der Waals surface area contributed by atoms with Gasteiger partial charge in [0.05, 0.1) is 0 Å². The van der Waals surface area contributed by atoms with Crippen LogP contribution < -0.4 is 5.26 Å². The molecule has 0 aromatic heterocycles. The van der Waals surface area contributed by atoms with Gasteiger partial charge in [-0.2, -0.15) is 0 Å². The zero-order valence-corrected chi connectivity index (χ0v) is 9.06. The Morgan fingerprint density at radius 2 is 1.20 bits per heavy atom. The molecule has 6 radical (unpaired) electrons. The molecule has 0 aromatic rings. The van der Waals surface area contributed by atoms with Gasteiger partial charge in [-0.25, -0.2) is 0 Å². The molecule has 26 valence electrons. The Labute approximate surface area is 67.2 Å². The van der Waals surface area contributed by atoms with Crippen molar-refractivity contribution in [3.8, 4) is 0 Å². The van der Waals surface area contributed by atoms with Crippen LogP contribution in [0.15, 0.2) is 0 Å². The predicted molar refractivity (Wildman–Crippen MR) is 15.8 cm³/mol. The van der Waals surface area contributed by atoms with Crippen molar-refractivity contribution in [2.45, 2.75) is 0 Å².